The first-order chi connectivity index (χ1) is 17.9. The number of nitrogens with one attached hydrogen (secondary N) is 1. The Bertz CT molecular complexity index is 1220. The van der Waals surface area contributed by atoms with Crippen molar-refractivity contribution in [1.82, 2.24) is 14.9 Å². The lowest BCUT2D eigenvalue weighted by Gasteiger charge is -2.23. The van der Waals surface area contributed by atoms with Gasteiger partial charge in [-0.1, -0.05) is 0 Å². The summed E-state index contributed by atoms with van der Waals surface area (Å²) in [5.41, 5.74) is -2.15. The summed E-state index contributed by atoms with van der Waals surface area (Å²) in [6, 6.07) is -1.62. The molecule has 38 heavy (non-hydrogen) atoms. The fourth-order valence-electron chi connectivity index (χ4n) is 5.30. The minimum absolute atomic E-state index is 0.00953. The van der Waals surface area contributed by atoms with Crippen molar-refractivity contribution in [3.63, 3.8) is 0 Å². The number of thiazole rings is 1. The van der Waals surface area contributed by atoms with Gasteiger partial charge in [0.1, 0.15) is 17.6 Å². The number of fused-ring (bicyclic) bond motifs is 2. The van der Waals surface area contributed by atoms with Gasteiger partial charge >= 0.3 is 18.3 Å². The fraction of sp³-hybridized carbons (Fsp3) is 0.583. The number of nitrogens with zero attached hydrogens (tertiary/aromatic N) is 3. The molecule has 0 aromatic carbocycles. The van der Waals surface area contributed by atoms with Crippen molar-refractivity contribution in [2.24, 2.45) is 5.92 Å². The van der Waals surface area contributed by atoms with Crippen LogP contribution in [-0.4, -0.2) is 57.7 Å². The molecule has 1 N–H and O–H groups in total. The number of amides is 1. The van der Waals surface area contributed by atoms with Gasteiger partial charge in [-0.3, -0.25) is 4.79 Å². The molecule has 5 rings (SSSR count). The topological polar surface area (TPSA) is 84.4 Å². The summed E-state index contributed by atoms with van der Waals surface area (Å²) < 4.78 is 88.0. The Morgan fingerprint density at radius 2 is 1.74 bits per heavy atom. The van der Waals surface area contributed by atoms with E-state index >= 15 is 0 Å². The molecule has 2 saturated heterocycles. The van der Waals surface area contributed by atoms with Crippen LogP contribution in [0.2, 0.25) is 0 Å². The number of hydrogen-bond acceptors (Lipinski definition) is 7. The Morgan fingerprint density at radius 3 is 2.26 bits per heavy atom. The highest BCUT2D eigenvalue weighted by atomic mass is 32.1. The third-order valence-electron chi connectivity index (χ3n) is 7.17. The first-order valence-corrected chi connectivity index (χ1v) is 13.1. The summed E-state index contributed by atoms with van der Waals surface area (Å²) in [5.74, 6) is -2.80. The smallest absolute Gasteiger partial charge is 0.417 e. The predicted molar refractivity (Wildman–Crippen MR) is 125 cm³/mol. The van der Waals surface area contributed by atoms with E-state index < -0.39 is 53.1 Å². The molecular weight excluding hydrogens is 538 g/mol. The SMILES string of the molecule is CCOC(=O)c1nc(C(=O)N2C3CCC2CC3)c(-c2cnc(NC(C3CC3)C(F)(F)F)cc2C(F)(F)F)s1. The van der Waals surface area contributed by atoms with E-state index in [0.717, 1.165) is 31.9 Å². The Hall–Kier alpha value is -2.90. The van der Waals surface area contributed by atoms with Crippen LogP contribution in [0.25, 0.3) is 10.4 Å². The molecule has 206 valence electrons. The van der Waals surface area contributed by atoms with Gasteiger partial charge in [0.05, 0.1) is 17.0 Å². The summed E-state index contributed by atoms with van der Waals surface area (Å²) in [7, 11) is 0. The molecule has 4 heterocycles. The minimum atomic E-state index is -5.00. The van der Waals surface area contributed by atoms with Crippen LogP contribution in [0, 0.1) is 5.92 Å². The van der Waals surface area contributed by atoms with Crippen molar-refractivity contribution in [2.75, 3.05) is 11.9 Å². The molecule has 3 fully saturated rings. The molecule has 1 aliphatic carbocycles. The Kier molecular flexibility index (Phi) is 6.81. The Morgan fingerprint density at radius 1 is 1.11 bits per heavy atom. The number of halogens is 6. The fourth-order valence-corrected chi connectivity index (χ4v) is 6.27. The highest BCUT2D eigenvalue weighted by Gasteiger charge is 2.49. The van der Waals surface area contributed by atoms with E-state index in [1.165, 1.54) is 0 Å². The summed E-state index contributed by atoms with van der Waals surface area (Å²) >= 11 is 0.566. The molecule has 3 aliphatic rings. The number of pyridine rings is 1. The van der Waals surface area contributed by atoms with Crippen LogP contribution in [0.15, 0.2) is 12.3 Å². The zero-order valence-corrected chi connectivity index (χ0v) is 21.0. The van der Waals surface area contributed by atoms with Crippen LogP contribution < -0.4 is 5.32 Å². The maximum Gasteiger partial charge on any atom is 0.417 e. The monoisotopic (exact) mass is 562 g/mol. The van der Waals surface area contributed by atoms with Crippen molar-refractivity contribution in [1.29, 1.82) is 0 Å². The van der Waals surface area contributed by atoms with Crippen LogP contribution in [0.4, 0.5) is 32.2 Å². The van der Waals surface area contributed by atoms with E-state index in [2.05, 4.69) is 15.3 Å². The number of aromatic nitrogens is 2. The quantitative estimate of drug-likeness (QED) is 0.333. The van der Waals surface area contributed by atoms with Gasteiger partial charge in [0.2, 0.25) is 5.01 Å². The van der Waals surface area contributed by atoms with Gasteiger partial charge in [0.25, 0.3) is 5.91 Å². The first-order valence-electron chi connectivity index (χ1n) is 12.3. The second-order valence-electron chi connectivity index (χ2n) is 9.71. The van der Waals surface area contributed by atoms with Crippen LogP contribution in [0.5, 0.6) is 0 Å². The standard InChI is InChI=1S/C24H24F6N4O3S/c1-2-37-22(36)20-33-17(21(35)34-12-5-6-13(34)8-7-12)18(38-20)14-10-31-16(9-15(14)23(25,26)27)32-19(11-3-4-11)24(28,29)30/h9-13,19H,2-8H2,1H3,(H,31,32). The zero-order chi connectivity index (χ0) is 27.4. The van der Waals surface area contributed by atoms with Crippen LogP contribution in [-0.2, 0) is 10.9 Å². The Balaban J connectivity index is 1.58. The van der Waals surface area contributed by atoms with E-state index in [1.807, 2.05) is 0 Å². The summed E-state index contributed by atoms with van der Waals surface area (Å²) in [6.07, 6.45) is -5.16. The van der Waals surface area contributed by atoms with Crippen LogP contribution in [0.1, 0.15) is 71.3 Å². The third kappa shape index (κ3) is 5.06. The van der Waals surface area contributed by atoms with Gasteiger partial charge < -0.3 is 15.0 Å². The number of rotatable bonds is 7. The second kappa shape index (κ2) is 9.69. The number of carbonyl (C=O) groups excluding carboxylic acids is 2. The van der Waals surface area contributed by atoms with Crippen molar-refractivity contribution >= 4 is 29.0 Å². The molecule has 1 amide bonds. The predicted octanol–water partition coefficient (Wildman–Crippen LogP) is 5.92. The lowest BCUT2D eigenvalue weighted by molar-refractivity contribution is -0.146. The number of esters is 1. The number of anilines is 1. The van der Waals surface area contributed by atoms with Gasteiger partial charge in [-0.05, 0) is 57.4 Å². The van der Waals surface area contributed by atoms with Gasteiger partial charge in [-0.25, -0.2) is 14.8 Å². The lowest BCUT2D eigenvalue weighted by atomic mass is 10.0. The number of ether oxygens (including phenoxy) is 1. The van der Waals surface area contributed by atoms with Crippen molar-refractivity contribution in [3.05, 3.63) is 28.5 Å². The number of alkyl halides is 6. The van der Waals surface area contributed by atoms with Crippen LogP contribution >= 0.6 is 11.3 Å². The summed E-state index contributed by atoms with van der Waals surface area (Å²) in [4.78, 5) is 35.3. The maximum absolute atomic E-state index is 14.2. The molecule has 2 aromatic rings. The largest absolute Gasteiger partial charge is 0.461 e. The molecule has 2 aromatic heterocycles. The van der Waals surface area contributed by atoms with Crippen molar-refractivity contribution in [2.45, 2.75) is 75.9 Å². The molecule has 0 radical (unpaired) electrons. The molecule has 1 unspecified atom stereocenters. The van der Waals surface area contributed by atoms with E-state index in [0.29, 0.717) is 30.2 Å². The highest BCUT2D eigenvalue weighted by molar-refractivity contribution is 7.17. The molecule has 14 heteroatoms. The normalized spacial score (nSPS) is 22.0. The minimum Gasteiger partial charge on any atom is -0.461 e. The van der Waals surface area contributed by atoms with E-state index in [4.69, 9.17) is 4.74 Å². The van der Waals surface area contributed by atoms with E-state index in [-0.39, 0.29) is 34.3 Å². The molecule has 2 aliphatic heterocycles. The number of hydrogen-bond donors (Lipinski definition) is 1. The van der Waals surface area contributed by atoms with Gasteiger partial charge in [-0.15, -0.1) is 11.3 Å². The zero-order valence-electron chi connectivity index (χ0n) is 20.2. The first kappa shape index (κ1) is 26.7. The third-order valence-corrected chi connectivity index (χ3v) is 8.24. The Labute approximate surface area is 217 Å². The van der Waals surface area contributed by atoms with Crippen LogP contribution in [0.3, 0.4) is 0 Å². The van der Waals surface area contributed by atoms with Gasteiger partial charge in [0.15, 0.2) is 0 Å². The van der Waals surface area contributed by atoms with E-state index in [1.54, 1.807) is 11.8 Å². The average Bonchev–Trinajstić information content (AvgIpc) is 3.28. The number of carbonyl (C=O) groups is 2. The molecule has 7 nitrogen and oxygen atoms in total. The molecule has 1 saturated carbocycles. The lowest BCUT2D eigenvalue weighted by Crippen LogP contribution is -2.38. The summed E-state index contributed by atoms with van der Waals surface area (Å²) in [6.45, 7) is 1.54. The summed E-state index contributed by atoms with van der Waals surface area (Å²) in [5, 5.41) is 1.82. The highest BCUT2D eigenvalue weighted by Crippen LogP contribution is 2.45. The van der Waals surface area contributed by atoms with Gasteiger partial charge in [0, 0.05) is 23.8 Å². The molecule has 1 atom stereocenters. The second-order valence-corrected chi connectivity index (χ2v) is 10.7. The van der Waals surface area contributed by atoms with Crippen molar-refractivity contribution < 1.29 is 40.7 Å². The molecule has 2 bridgehead atoms. The molecule has 0 spiro atoms. The van der Waals surface area contributed by atoms with Crippen molar-refractivity contribution in [3.8, 4) is 10.4 Å². The maximum atomic E-state index is 14.2. The van der Waals surface area contributed by atoms with E-state index in [9.17, 15) is 35.9 Å². The average molecular weight is 563 g/mol. The van der Waals surface area contributed by atoms with Gasteiger partial charge in [-0.2, -0.15) is 26.3 Å². The molecular formula is C24H24F6N4O3S.